The van der Waals surface area contributed by atoms with Crippen molar-refractivity contribution >= 4 is 14.2 Å². The van der Waals surface area contributed by atoms with Crippen LogP contribution in [0.15, 0.2) is 24.3 Å². The van der Waals surface area contributed by atoms with E-state index in [4.69, 9.17) is 23.4 Å². The van der Waals surface area contributed by atoms with Gasteiger partial charge in [0, 0.05) is 0 Å². The summed E-state index contributed by atoms with van der Waals surface area (Å²) in [4.78, 5) is 0. The largest absolute Gasteiger partial charge is 0.497 e. The van der Waals surface area contributed by atoms with Crippen LogP contribution < -0.4 is 4.74 Å². The zero-order chi connectivity index (χ0) is 21.2. The molecule has 3 rings (SSSR count). The highest BCUT2D eigenvalue weighted by Gasteiger charge is 2.68. The molecule has 0 spiro atoms. The molecule has 0 N–H and O–H groups in total. The third-order valence-electron chi connectivity index (χ3n) is 7.17. The second kappa shape index (κ2) is 6.49. The van der Waals surface area contributed by atoms with Crippen molar-refractivity contribution in [3.63, 3.8) is 0 Å². The molecule has 7 heteroatoms. The normalized spacial score (nSPS) is 25.2. The van der Waals surface area contributed by atoms with Crippen LogP contribution in [-0.2, 0) is 23.8 Å². The lowest BCUT2D eigenvalue weighted by Gasteiger charge is -2.34. The van der Waals surface area contributed by atoms with Crippen LogP contribution in [0.5, 0.6) is 5.75 Å². The standard InChI is InChI=1S/C21H34B2O5/c1-17(2)18(3,4)26-22(25-17)21(9,15-13-11-12-14-16(15)24-10)23-27-19(5,6)20(7,8)28-23/h11-14H,1-10H3. The summed E-state index contributed by atoms with van der Waals surface area (Å²) in [6.45, 7) is 18.5. The minimum absolute atomic E-state index is 0.468. The Morgan fingerprint density at radius 1 is 0.714 bits per heavy atom. The Labute approximate surface area is 170 Å². The smallest absolute Gasteiger partial charge is 0.466 e. The van der Waals surface area contributed by atoms with Gasteiger partial charge in [-0.1, -0.05) is 25.1 Å². The third-order valence-corrected chi connectivity index (χ3v) is 7.17. The van der Waals surface area contributed by atoms with Crippen LogP contribution in [0.1, 0.15) is 67.9 Å². The molecule has 1 aromatic carbocycles. The first kappa shape index (κ1) is 21.7. The topological polar surface area (TPSA) is 46.2 Å². The van der Waals surface area contributed by atoms with Gasteiger partial charge in [-0.2, -0.15) is 0 Å². The molecular weight excluding hydrogens is 354 g/mol. The van der Waals surface area contributed by atoms with Crippen molar-refractivity contribution in [2.24, 2.45) is 0 Å². The Morgan fingerprint density at radius 3 is 1.43 bits per heavy atom. The first-order chi connectivity index (χ1) is 12.7. The fourth-order valence-corrected chi connectivity index (χ4v) is 3.63. The number of methoxy groups -OCH3 is 1. The maximum Gasteiger partial charge on any atom is 0.466 e. The van der Waals surface area contributed by atoms with Gasteiger partial charge >= 0.3 is 14.2 Å². The van der Waals surface area contributed by atoms with Gasteiger partial charge < -0.3 is 23.4 Å². The maximum atomic E-state index is 6.49. The minimum Gasteiger partial charge on any atom is -0.497 e. The number of rotatable bonds is 4. The first-order valence-electron chi connectivity index (χ1n) is 10.0. The maximum absolute atomic E-state index is 6.49. The Kier molecular flexibility index (Phi) is 5.03. The molecule has 0 radical (unpaired) electrons. The SMILES string of the molecule is COc1ccccc1C(C)(B1OC(C)(C)C(C)(C)O1)B1OC(C)(C)C(C)(C)O1. The second-order valence-corrected chi connectivity index (χ2v) is 10.2. The van der Waals surface area contributed by atoms with E-state index in [0.717, 1.165) is 11.3 Å². The van der Waals surface area contributed by atoms with Crippen molar-refractivity contribution in [3.05, 3.63) is 29.8 Å². The van der Waals surface area contributed by atoms with E-state index in [1.807, 2.05) is 24.3 Å². The van der Waals surface area contributed by atoms with Crippen molar-refractivity contribution in [3.8, 4) is 5.75 Å². The minimum atomic E-state index is -0.747. The Bertz CT molecular complexity index is 676. The average molecular weight is 388 g/mol. The van der Waals surface area contributed by atoms with Crippen LogP contribution >= 0.6 is 0 Å². The highest BCUT2D eigenvalue weighted by Crippen LogP contribution is 2.50. The van der Waals surface area contributed by atoms with Crippen LogP contribution in [-0.4, -0.2) is 43.8 Å². The van der Waals surface area contributed by atoms with Gasteiger partial charge in [-0.3, -0.25) is 0 Å². The molecule has 0 aliphatic carbocycles. The quantitative estimate of drug-likeness (QED) is 0.724. The van der Waals surface area contributed by atoms with Gasteiger partial charge in [0.1, 0.15) is 5.75 Å². The summed E-state index contributed by atoms with van der Waals surface area (Å²) in [6.07, 6.45) is 0. The molecule has 2 heterocycles. The molecule has 0 bridgehead atoms. The fourth-order valence-electron chi connectivity index (χ4n) is 3.63. The molecule has 2 aliphatic heterocycles. The average Bonchev–Trinajstić information content (AvgIpc) is 2.94. The predicted molar refractivity (Wildman–Crippen MR) is 113 cm³/mol. The molecule has 0 aromatic heterocycles. The van der Waals surface area contributed by atoms with Crippen molar-refractivity contribution in [2.75, 3.05) is 7.11 Å². The van der Waals surface area contributed by atoms with Gasteiger partial charge in [-0.05, 0) is 67.0 Å². The molecule has 0 unspecified atom stereocenters. The number of ether oxygens (including phenoxy) is 1. The van der Waals surface area contributed by atoms with Crippen LogP contribution in [0.4, 0.5) is 0 Å². The lowest BCUT2D eigenvalue weighted by Crippen LogP contribution is -2.56. The monoisotopic (exact) mass is 388 g/mol. The van der Waals surface area contributed by atoms with E-state index in [1.165, 1.54) is 0 Å². The zero-order valence-corrected chi connectivity index (χ0v) is 19.0. The van der Waals surface area contributed by atoms with E-state index in [-0.39, 0.29) is 0 Å². The van der Waals surface area contributed by atoms with E-state index in [9.17, 15) is 0 Å². The number of hydrogen-bond donors (Lipinski definition) is 0. The number of hydrogen-bond acceptors (Lipinski definition) is 5. The zero-order valence-electron chi connectivity index (χ0n) is 19.0. The van der Waals surface area contributed by atoms with Gasteiger partial charge in [0.2, 0.25) is 0 Å². The van der Waals surface area contributed by atoms with E-state index in [2.05, 4.69) is 62.3 Å². The summed E-state index contributed by atoms with van der Waals surface area (Å²) < 4.78 is 31.7. The molecule has 0 amide bonds. The van der Waals surface area contributed by atoms with Crippen molar-refractivity contribution in [2.45, 2.75) is 89.9 Å². The molecule has 28 heavy (non-hydrogen) atoms. The molecule has 0 saturated carbocycles. The Morgan fingerprint density at radius 2 is 1.07 bits per heavy atom. The molecule has 2 aliphatic rings. The molecule has 1 aromatic rings. The lowest BCUT2D eigenvalue weighted by molar-refractivity contribution is 0.00578. The highest BCUT2D eigenvalue weighted by molar-refractivity contribution is 6.71. The lowest BCUT2D eigenvalue weighted by atomic mass is 9.37. The molecule has 2 fully saturated rings. The summed E-state index contributed by atoms with van der Waals surface area (Å²) >= 11 is 0. The third kappa shape index (κ3) is 3.11. The van der Waals surface area contributed by atoms with Gasteiger partial charge in [-0.25, -0.2) is 0 Å². The van der Waals surface area contributed by atoms with Crippen molar-refractivity contribution < 1.29 is 23.4 Å². The number of benzene rings is 1. The van der Waals surface area contributed by atoms with E-state index in [1.54, 1.807) is 7.11 Å². The molecular formula is C21H34B2O5. The van der Waals surface area contributed by atoms with Crippen LogP contribution in [0.25, 0.3) is 0 Å². The summed E-state index contributed by atoms with van der Waals surface area (Å²) in [5.74, 6) is 0.759. The van der Waals surface area contributed by atoms with E-state index in [0.29, 0.717) is 0 Å². The summed E-state index contributed by atoms with van der Waals surface area (Å²) in [6, 6.07) is 7.93. The van der Waals surface area contributed by atoms with Gasteiger partial charge in [0.15, 0.2) is 0 Å². The molecule has 5 nitrogen and oxygen atoms in total. The van der Waals surface area contributed by atoms with E-state index < -0.39 is 41.9 Å². The highest BCUT2D eigenvalue weighted by atomic mass is 16.7. The number of para-hydroxylation sites is 1. The van der Waals surface area contributed by atoms with E-state index >= 15 is 0 Å². The predicted octanol–water partition coefficient (Wildman–Crippen LogP) is 4.22. The Hall–Kier alpha value is -1.01. The van der Waals surface area contributed by atoms with Crippen molar-refractivity contribution in [1.82, 2.24) is 0 Å². The fraction of sp³-hybridized carbons (Fsp3) is 0.714. The summed E-state index contributed by atoms with van der Waals surface area (Å²) in [5, 5.41) is -0.747. The first-order valence-corrected chi connectivity index (χ1v) is 10.0. The molecule has 154 valence electrons. The van der Waals surface area contributed by atoms with Gasteiger partial charge in [-0.15, -0.1) is 0 Å². The second-order valence-electron chi connectivity index (χ2n) is 10.2. The van der Waals surface area contributed by atoms with Gasteiger partial charge in [0.05, 0.1) is 34.7 Å². The van der Waals surface area contributed by atoms with Crippen LogP contribution in [0.2, 0.25) is 0 Å². The van der Waals surface area contributed by atoms with Crippen molar-refractivity contribution in [1.29, 1.82) is 0 Å². The summed E-state index contributed by atoms with van der Waals surface area (Å²) in [5.41, 5.74) is -0.931. The Balaban J connectivity index is 2.14. The van der Waals surface area contributed by atoms with Crippen LogP contribution in [0, 0.1) is 0 Å². The molecule has 0 atom stereocenters. The van der Waals surface area contributed by atoms with Gasteiger partial charge in [0.25, 0.3) is 0 Å². The molecule has 2 saturated heterocycles. The summed E-state index contributed by atoms with van der Waals surface area (Å²) in [7, 11) is 0.542. The van der Waals surface area contributed by atoms with Crippen LogP contribution in [0.3, 0.4) is 0 Å².